The third kappa shape index (κ3) is 6.09. The Labute approximate surface area is 184 Å². The predicted molar refractivity (Wildman–Crippen MR) is 124 cm³/mol. The maximum atomic E-state index is 5.94. The van der Waals surface area contributed by atoms with Crippen molar-refractivity contribution in [3.63, 3.8) is 0 Å². The molecular formula is C26H30N3O2+. The second-order valence-corrected chi connectivity index (χ2v) is 7.80. The van der Waals surface area contributed by atoms with Gasteiger partial charge in [-0.05, 0) is 29.3 Å². The Morgan fingerprint density at radius 1 is 0.871 bits per heavy atom. The molecule has 1 aliphatic heterocycles. The summed E-state index contributed by atoms with van der Waals surface area (Å²) in [5, 5.41) is 6.85. The van der Waals surface area contributed by atoms with Gasteiger partial charge in [0.1, 0.15) is 13.2 Å². The number of hydrazone groups is 1. The molecule has 1 fully saturated rings. The quantitative estimate of drug-likeness (QED) is 0.574. The Morgan fingerprint density at radius 2 is 1.55 bits per heavy atom. The van der Waals surface area contributed by atoms with E-state index < -0.39 is 0 Å². The Balaban J connectivity index is 1.29. The molecule has 0 atom stereocenters. The van der Waals surface area contributed by atoms with E-state index in [1.54, 1.807) is 12.0 Å². The molecule has 1 N–H and O–H groups in total. The summed E-state index contributed by atoms with van der Waals surface area (Å²) in [6, 6.07) is 26.8. The average Bonchev–Trinajstić information content (AvgIpc) is 2.84. The van der Waals surface area contributed by atoms with Gasteiger partial charge >= 0.3 is 0 Å². The molecule has 0 bridgehead atoms. The van der Waals surface area contributed by atoms with Crippen molar-refractivity contribution in [2.24, 2.45) is 5.10 Å². The Hall–Kier alpha value is -3.31. The maximum Gasteiger partial charge on any atom is 0.161 e. The van der Waals surface area contributed by atoms with Gasteiger partial charge in [-0.3, -0.25) is 5.01 Å². The molecule has 1 heterocycles. The van der Waals surface area contributed by atoms with Crippen molar-refractivity contribution in [1.29, 1.82) is 0 Å². The highest BCUT2D eigenvalue weighted by atomic mass is 16.5. The highest BCUT2D eigenvalue weighted by molar-refractivity contribution is 5.80. The summed E-state index contributed by atoms with van der Waals surface area (Å²) in [5.74, 6) is 1.46. The van der Waals surface area contributed by atoms with Crippen LogP contribution in [0.25, 0.3) is 0 Å². The molecule has 4 rings (SSSR count). The minimum atomic E-state index is 0.514. The summed E-state index contributed by atoms with van der Waals surface area (Å²) in [6.07, 6.45) is 1.91. The van der Waals surface area contributed by atoms with Crippen LogP contribution in [0.3, 0.4) is 0 Å². The van der Waals surface area contributed by atoms with Crippen molar-refractivity contribution in [1.82, 2.24) is 5.01 Å². The molecule has 0 radical (unpaired) electrons. The normalized spacial score (nSPS) is 14.7. The van der Waals surface area contributed by atoms with Gasteiger partial charge in [-0.25, -0.2) is 0 Å². The van der Waals surface area contributed by atoms with Gasteiger partial charge < -0.3 is 14.4 Å². The second kappa shape index (κ2) is 10.6. The summed E-state index contributed by atoms with van der Waals surface area (Å²) < 4.78 is 11.5. The van der Waals surface area contributed by atoms with E-state index in [9.17, 15) is 0 Å². The van der Waals surface area contributed by atoms with Crippen LogP contribution < -0.4 is 14.4 Å². The van der Waals surface area contributed by atoms with Gasteiger partial charge in [-0.1, -0.05) is 60.7 Å². The smallest absolute Gasteiger partial charge is 0.161 e. The lowest BCUT2D eigenvalue weighted by Gasteiger charge is -2.30. The van der Waals surface area contributed by atoms with Crippen LogP contribution >= 0.6 is 0 Å². The standard InChI is InChI=1S/C26H29N3O2/c1-30-26-18-24(12-13-25(26)31-21-23-10-6-3-7-11-23)19-27-29-16-14-28(15-17-29)20-22-8-4-2-5-9-22/h2-13,18-19H,14-17,20-21H2,1H3/p+1/b27-19-. The lowest BCUT2D eigenvalue weighted by Crippen LogP contribution is -3.13. The molecule has 160 valence electrons. The van der Waals surface area contributed by atoms with Crippen LogP contribution in [0.1, 0.15) is 16.7 Å². The number of piperazine rings is 1. The predicted octanol–water partition coefficient (Wildman–Crippen LogP) is 3.01. The zero-order chi connectivity index (χ0) is 21.3. The van der Waals surface area contributed by atoms with Gasteiger partial charge in [-0.15, -0.1) is 0 Å². The van der Waals surface area contributed by atoms with Crippen LogP contribution in [0.2, 0.25) is 0 Å². The van der Waals surface area contributed by atoms with E-state index in [2.05, 4.69) is 47.5 Å². The summed E-state index contributed by atoms with van der Waals surface area (Å²) in [5.41, 5.74) is 3.53. The van der Waals surface area contributed by atoms with Gasteiger partial charge in [0, 0.05) is 5.56 Å². The first-order chi connectivity index (χ1) is 15.3. The van der Waals surface area contributed by atoms with E-state index >= 15 is 0 Å². The van der Waals surface area contributed by atoms with Crippen LogP contribution in [0.5, 0.6) is 11.5 Å². The van der Waals surface area contributed by atoms with Crippen LogP contribution in [-0.2, 0) is 13.2 Å². The fourth-order valence-electron chi connectivity index (χ4n) is 3.76. The third-order valence-electron chi connectivity index (χ3n) is 5.54. The van der Waals surface area contributed by atoms with Crippen molar-refractivity contribution in [3.8, 4) is 11.5 Å². The number of nitrogens with zero attached hydrogens (tertiary/aromatic N) is 2. The highest BCUT2D eigenvalue weighted by Crippen LogP contribution is 2.28. The zero-order valence-corrected chi connectivity index (χ0v) is 18.0. The van der Waals surface area contributed by atoms with E-state index in [1.165, 1.54) is 5.56 Å². The zero-order valence-electron chi connectivity index (χ0n) is 18.0. The minimum Gasteiger partial charge on any atom is -0.493 e. The van der Waals surface area contributed by atoms with Gasteiger partial charge in [0.25, 0.3) is 0 Å². The lowest BCUT2D eigenvalue weighted by molar-refractivity contribution is -0.918. The molecule has 5 heteroatoms. The molecule has 1 aliphatic rings. The Morgan fingerprint density at radius 3 is 2.23 bits per heavy atom. The van der Waals surface area contributed by atoms with Crippen molar-refractivity contribution in [3.05, 3.63) is 95.6 Å². The van der Waals surface area contributed by atoms with E-state index in [0.29, 0.717) is 6.61 Å². The first-order valence-corrected chi connectivity index (χ1v) is 10.8. The van der Waals surface area contributed by atoms with Crippen molar-refractivity contribution < 1.29 is 14.4 Å². The largest absolute Gasteiger partial charge is 0.493 e. The van der Waals surface area contributed by atoms with Gasteiger partial charge in [-0.2, -0.15) is 5.10 Å². The number of hydrogen-bond acceptors (Lipinski definition) is 4. The van der Waals surface area contributed by atoms with Crippen LogP contribution in [0.4, 0.5) is 0 Å². The molecule has 0 spiro atoms. The lowest BCUT2D eigenvalue weighted by atomic mass is 10.2. The minimum absolute atomic E-state index is 0.514. The number of benzene rings is 3. The number of methoxy groups -OCH3 is 1. The van der Waals surface area contributed by atoms with Crippen molar-refractivity contribution >= 4 is 6.21 Å². The monoisotopic (exact) mass is 416 g/mol. The number of ether oxygens (including phenoxy) is 2. The van der Waals surface area contributed by atoms with Crippen molar-refractivity contribution in [2.45, 2.75) is 13.2 Å². The molecule has 3 aromatic carbocycles. The fourth-order valence-corrected chi connectivity index (χ4v) is 3.76. The van der Waals surface area contributed by atoms with E-state index in [0.717, 1.165) is 55.3 Å². The number of quaternary nitrogens is 1. The number of hydrogen-bond donors (Lipinski definition) is 1. The van der Waals surface area contributed by atoms with E-state index in [4.69, 9.17) is 14.6 Å². The number of rotatable bonds is 8. The summed E-state index contributed by atoms with van der Waals surface area (Å²) in [7, 11) is 1.67. The molecule has 31 heavy (non-hydrogen) atoms. The van der Waals surface area contributed by atoms with E-state index in [1.807, 2.05) is 42.6 Å². The molecule has 5 nitrogen and oxygen atoms in total. The topological polar surface area (TPSA) is 38.5 Å². The first kappa shape index (κ1) is 20.9. The molecule has 0 aliphatic carbocycles. The second-order valence-electron chi connectivity index (χ2n) is 7.80. The third-order valence-corrected chi connectivity index (χ3v) is 5.54. The molecule has 1 saturated heterocycles. The molecular weight excluding hydrogens is 386 g/mol. The van der Waals surface area contributed by atoms with Gasteiger partial charge in [0.15, 0.2) is 11.5 Å². The van der Waals surface area contributed by atoms with Gasteiger partial charge in [0.2, 0.25) is 0 Å². The van der Waals surface area contributed by atoms with Crippen LogP contribution in [0, 0.1) is 0 Å². The first-order valence-electron chi connectivity index (χ1n) is 10.8. The molecule has 3 aromatic rings. The average molecular weight is 417 g/mol. The SMILES string of the molecule is COc1cc(/C=N\N2CC[NH+](Cc3ccccc3)CC2)ccc1OCc1ccccc1. The molecule has 0 aromatic heterocycles. The van der Waals surface area contributed by atoms with Crippen LogP contribution in [0.15, 0.2) is 84.0 Å². The molecule has 0 unspecified atom stereocenters. The molecule has 0 amide bonds. The Kier molecular flexibility index (Phi) is 7.19. The summed E-state index contributed by atoms with van der Waals surface area (Å²) in [4.78, 5) is 1.61. The summed E-state index contributed by atoms with van der Waals surface area (Å²) in [6.45, 7) is 5.73. The van der Waals surface area contributed by atoms with Crippen molar-refractivity contribution in [2.75, 3.05) is 33.3 Å². The number of nitrogens with one attached hydrogen (secondary N) is 1. The van der Waals surface area contributed by atoms with Crippen LogP contribution in [-0.4, -0.2) is 44.5 Å². The summed E-state index contributed by atoms with van der Waals surface area (Å²) >= 11 is 0. The molecule has 0 saturated carbocycles. The maximum absolute atomic E-state index is 5.94. The van der Waals surface area contributed by atoms with Gasteiger partial charge in [0.05, 0.1) is 39.5 Å². The Bertz CT molecular complexity index is 968. The highest BCUT2D eigenvalue weighted by Gasteiger charge is 2.18. The van der Waals surface area contributed by atoms with E-state index in [-0.39, 0.29) is 0 Å². The fraction of sp³-hybridized carbons (Fsp3) is 0.269.